The minimum Gasteiger partial charge on any atom is -0.380 e. The summed E-state index contributed by atoms with van der Waals surface area (Å²) in [6, 6.07) is 12.4. The van der Waals surface area contributed by atoms with Gasteiger partial charge in [0.25, 0.3) is 0 Å². The Kier molecular flexibility index (Phi) is 10.1. The van der Waals surface area contributed by atoms with Gasteiger partial charge < -0.3 is 25.7 Å². The summed E-state index contributed by atoms with van der Waals surface area (Å²) in [5, 5.41) is 7.80. The normalized spacial score (nSPS) is 16.3. The number of fused-ring (bicyclic) bond motifs is 1. The molecular weight excluding hydrogens is 529 g/mol. The van der Waals surface area contributed by atoms with E-state index in [1.165, 1.54) is 30.4 Å². The van der Waals surface area contributed by atoms with Gasteiger partial charge in [-0.05, 0) is 93.7 Å². The van der Waals surface area contributed by atoms with Crippen molar-refractivity contribution in [3.8, 4) is 0 Å². The van der Waals surface area contributed by atoms with E-state index in [0.29, 0.717) is 23.3 Å². The van der Waals surface area contributed by atoms with Crippen LogP contribution in [-0.4, -0.2) is 43.1 Å². The van der Waals surface area contributed by atoms with Crippen molar-refractivity contribution in [2.45, 2.75) is 58.0 Å². The molecule has 0 spiro atoms. The number of anilines is 4. The SMILES string of the molecule is CO[C@@H](CN)CCC[C@H]1CCc2ccc(Nc3ncc(Cl)c(Nc4ccc(C)cc4P(C)(C)=O)n3)cc2CC1. The Morgan fingerprint density at radius 2 is 1.90 bits per heavy atom. The van der Waals surface area contributed by atoms with Crippen LogP contribution >= 0.6 is 18.7 Å². The molecule has 0 fully saturated rings. The highest BCUT2D eigenvalue weighted by Crippen LogP contribution is 2.39. The molecule has 7 nitrogen and oxygen atoms in total. The van der Waals surface area contributed by atoms with Crippen LogP contribution in [-0.2, 0) is 22.1 Å². The minimum atomic E-state index is -2.51. The lowest BCUT2D eigenvalue weighted by molar-refractivity contribution is 0.0982. The summed E-state index contributed by atoms with van der Waals surface area (Å²) < 4.78 is 18.3. The summed E-state index contributed by atoms with van der Waals surface area (Å²) in [5.41, 5.74) is 11.3. The third-order valence-corrected chi connectivity index (χ3v) is 9.38. The van der Waals surface area contributed by atoms with Crippen molar-refractivity contribution >= 4 is 47.2 Å². The van der Waals surface area contributed by atoms with E-state index in [4.69, 9.17) is 22.1 Å². The average molecular weight is 570 g/mol. The number of nitrogens with one attached hydrogen (secondary N) is 2. The molecular formula is C30H41ClN5O2P. The maximum Gasteiger partial charge on any atom is 0.229 e. The smallest absolute Gasteiger partial charge is 0.229 e. The Morgan fingerprint density at radius 3 is 2.62 bits per heavy atom. The first-order chi connectivity index (χ1) is 18.7. The number of aromatic nitrogens is 2. The summed E-state index contributed by atoms with van der Waals surface area (Å²) in [7, 11) is -0.766. The molecule has 0 amide bonds. The molecule has 2 aromatic carbocycles. The van der Waals surface area contributed by atoms with Crippen LogP contribution in [0.4, 0.5) is 23.1 Å². The number of aryl methyl sites for hydroxylation is 3. The molecule has 4 N–H and O–H groups in total. The Hall–Kier alpha value is -2.44. The second-order valence-electron chi connectivity index (χ2n) is 11.0. The van der Waals surface area contributed by atoms with Crippen LogP contribution in [0.15, 0.2) is 42.6 Å². The van der Waals surface area contributed by atoms with Gasteiger partial charge in [0.15, 0.2) is 5.82 Å². The number of hydrogen-bond acceptors (Lipinski definition) is 7. The summed E-state index contributed by atoms with van der Waals surface area (Å²) in [6.45, 7) is 6.11. The number of halogens is 1. The maximum atomic E-state index is 12.9. The molecule has 1 aromatic heterocycles. The molecule has 1 aliphatic rings. The van der Waals surface area contributed by atoms with Crippen molar-refractivity contribution in [1.82, 2.24) is 9.97 Å². The monoisotopic (exact) mass is 569 g/mol. The van der Waals surface area contributed by atoms with E-state index in [1.54, 1.807) is 26.6 Å². The molecule has 39 heavy (non-hydrogen) atoms. The van der Waals surface area contributed by atoms with Gasteiger partial charge in [-0.3, -0.25) is 0 Å². The fraction of sp³-hybridized carbons (Fsp3) is 0.467. The molecule has 0 saturated heterocycles. The lowest BCUT2D eigenvalue weighted by Crippen LogP contribution is -2.22. The van der Waals surface area contributed by atoms with E-state index in [1.807, 2.05) is 25.1 Å². The number of benzene rings is 2. The van der Waals surface area contributed by atoms with Gasteiger partial charge in [0, 0.05) is 24.6 Å². The second-order valence-corrected chi connectivity index (χ2v) is 14.6. The number of methoxy groups -OCH3 is 1. The highest BCUT2D eigenvalue weighted by molar-refractivity contribution is 7.70. The van der Waals surface area contributed by atoms with Crippen LogP contribution in [0, 0.1) is 12.8 Å². The highest BCUT2D eigenvalue weighted by atomic mass is 35.5. The molecule has 0 saturated carbocycles. The van der Waals surface area contributed by atoms with Crippen LogP contribution in [0.3, 0.4) is 0 Å². The van der Waals surface area contributed by atoms with Crippen LogP contribution in [0.5, 0.6) is 0 Å². The van der Waals surface area contributed by atoms with Crippen molar-refractivity contribution in [1.29, 1.82) is 0 Å². The Morgan fingerprint density at radius 1 is 1.13 bits per heavy atom. The van der Waals surface area contributed by atoms with Gasteiger partial charge in [-0.1, -0.05) is 42.1 Å². The van der Waals surface area contributed by atoms with Crippen molar-refractivity contribution in [3.05, 3.63) is 64.3 Å². The van der Waals surface area contributed by atoms with Crippen LogP contribution in [0.1, 0.15) is 48.8 Å². The van der Waals surface area contributed by atoms with E-state index in [-0.39, 0.29) is 6.10 Å². The first-order valence-corrected chi connectivity index (χ1v) is 16.7. The fourth-order valence-electron chi connectivity index (χ4n) is 5.26. The second kappa shape index (κ2) is 13.3. The number of ether oxygens (including phenoxy) is 1. The van der Waals surface area contributed by atoms with Gasteiger partial charge in [0.1, 0.15) is 12.2 Å². The van der Waals surface area contributed by atoms with E-state index in [0.717, 1.165) is 53.8 Å². The van der Waals surface area contributed by atoms with Crippen LogP contribution in [0.25, 0.3) is 0 Å². The first-order valence-electron chi connectivity index (χ1n) is 13.7. The third-order valence-electron chi connectivity index (χ3n) is 7.57. The van der Waals surface area contributed by atoms with E-state index in [2.05, 4.69) is 38.8 Å². The molecule has 0 unspecified atom stereocenters. The number of nitrogens with two attached hydrogens (primary N) is 1. The summed E-state index contributed by atoms with van der Waals surface area (Å²) in [4.78, 5) is 9.04. The molecule has 1 aliphatic carbocycles. The zero-order valence-corrected chi connectivity index (χ0v) is 25.1. The standard InChI is InChI=1S/C30H41ClN5O2P/c1-20-8-15-27(28(16-20)39(3,4)37)35-29-26(31)19-33-30(36-29)34-24-14-13-22-11-9-21(10-12-23(22)17-24)6-5-7-25(18-32)38-2/h8,13-17,19,21,25H,5-7,9-12,18,32H2,1-4H3,(H2,33,34,35,36)/t21-,25+/m0/s1. The Bertz CT molecular complexity index is 1320. The van der Waals surface area contributed by atoms with E-state index in [9.17, 15) is 4.57 Å². The molecule has 0 bridgehead atoms. The van der Waals surface area contributed by atoms with Gasteiger partial charge in [-0.15, -0.1) is 0 Å². The zero-order chi connectivity index (χ0) is 28.0. The van der Waals surface area contributed by atoms with Crippen molar-refractivity contribution < 1.29 is 9.30 Å². The topological polar surface area (TPSA) is 102 Å². The molecule has 0 radical (unpaired) electrons. The van der Waals surface area contributed by atoms with Crippen molar-refractivity contribution in [2.24, 2.45) is 11.7 Å². The van der Waals surface area contributed by atoms with Gasteiger partial charge in [0.05, 0.1) is 18.0 Å². The fourth-order valence-corrected chi connectivity index (χ4v) is 6.63. The van der Waals surface area contributed by atoms with Crippen LogP contribution in [0.2, 0.25) is 5.02 Å². The molecule has 4 rings (SSSR count). The summed E-state index contributed by atoms with van der Waals surface area (Å²) in [5.74, 6) is 1.65. The predicted octanol–water partition coefficient (Wildman–Crippen LogP) is 6.81. The minimum absolute atomic E-state index is 0.173. The highest BCUT2D eigenvalue weighted by Gasteiger charge is 2.19. The lowest BCUT2D eigenvalue weighted by atomic mass is 9.93. The quantitative estimate of drug-likeness (QED) is 0.172. The van der Waals surface area contributed by atoms with Crippen LogP contribution < -0.4 is 21.7 Å². The van der Waals surface area contributed by atoms with Gasteiger partial charge in [-0.25, -0.2) is 4.98 Å². The largest absolute Gasteiger partial charge is 0.380 e. The molecule has 2 atom stereocenters. The van der Waals surface area contributed by atoms with Crippen molar-refractivity contribution in [2.75, 3.05) is 37.6 Å². The van der Waals surface area contributed by atoms with Gasteiger partial charge in [-0.2, -0.15) is 4.98 Å². The molecule has 210 valence electrons. The zero-order valence-electron chi connectivity index (χ0n) is 23.5. The van der Waals surface area contributed by atoms with Gasteiger partial charge in [0.2, 0.25) is 5.95 Å². The van der Waals surface area contributed by atoms with E-state index >= 15 is 0 Å². The number of nitrogens with zero attached hydrogens (tertiary/aromatic N) is 2. The molecule has 0 aliphatic heterocycles. The van der Waals surface area contributed by atoms with Gasteiger partial charge >= 0.3 is 0 Å². The van der Waals surface area contributed by atoms with Crippen molar-refractivity contribution in [3.63, 3.8) is 0 Å². The van der Waals surface area contributed by atoms with E-state index < -0.39 is 7.14 Å². The third kappa shape index (κ3) is 8.04. The summed E-state index contributed by atoms with van der Waals surface area (Å²) in [6.07, 6.45) is 9.76. The molecule has 3 aromatic rings. The maximum absolute atomic E-state index is 12.9. The average Bonchev–Trinajstić information content (AvgIpc) is 3.11. The Balaban J connectivity index is 1.43. The first kappa shape index (κ1) is 29.5. The number of hydrogen-bond donors (Lipinski definition) is 3. The molecule has 1 heterocycles. The lowest BCUT2D eigenvalue weighted by Gasteiger charge is -2.17. The Labute approximate surface area is 237 Å². The summed E-state index contributed by atoms with van der Waals surface area (Å²) >= 11 is 6.45. The number of rotatable bonds is 11. The predicted molar refractivity (Wildman–Crippen MR) is 164 cm³/mol. The molecule has 9 heteroatoms.